The molecule has 158 valence electrons. The van der Waals surface area contributed by atoms with Crippen molar-refractivity contribution in [3.05, 3.63) is 78.5 Å². The van der Waals surface area contributed by atoms with Crippen LogP contribution in [0, 0.1) is 11.7 Å². The standard InChI is InChI=1S/C23H21FN4O3/c24-18-3-1-17(2-4-18)23(30)28-13-9-16(10-14-28)22(29)27-19-5-7-20(8-6-19)31-21-15-25-11-12-26-21/h1-8,11-12,15-16H,9-10,13-14H2,(H,27,29). The maximum atomic E-state index is 13.1. The second-order valence-corrected chi connectivity index (χ2v) is 7.23. The highest BCUT2D eigenvalue weighted by molar-refractivity contribution is 5.95. The second kappa shape index (κ2) is 9.34. The largest absolute Gasteiger partial charge is 0.438 e. The molecule has 0 spiro atoms. The Labute approximate surface area is 178 Å². The van der Waals surface area contributed by atoms with Gasteiger partial charge < -0.3 is 15.0 Å². The zero-order valence-corrected chi connectivity index (χ0v) is 16.7. The number of likely N-dealkylation sites (tertiary alicyclic amines) is 1. The molecule has 2 heterocycles. The number of piperidine rings is 1. The Morgan fingerprint density at radius 3 is 2.35 bits per heavy atom. The molecule has 0 aliphatic carbocycles. The molecule has 8 heteroatoms. The summed E-state index contributed by atoms with van der Waals surface area (Å²) in [5.74, 6) is 0.217. The molecule has 2 amide bonds. The van der Waals surface area contributed by atoms with Gasteiger partial charge in [0.25, 0.3) is 5.91 Å². The predicted molar refractivity (Wildman–Crippen MR) is 112 cm³/mol. The van der Waals surface area contributed by atoms with Crippen LogP contribution in [0.4, 0.5) is 10.1 Å². The molecule has 2 aromatic carbocycles. The Morgan fingerprint density at radius 1 is 1.00 bits per heavy atom. The van der Waals surface area contributed by atoms with Crippen molar-refractivity contribution in [3.8, 4) is 11.6 Å². The summed E-state index contributed by atoms with van der Waals surface area (Å²) in [5.41, 5.74) is 1.12. The lowest BCUT2D eigenvalue weighted by atomic mass is 9.95. The molecule has 1 aromatic heterocycles. The number of benzene rings is 2. The minimum Gasteiger partial charge on any atom is -0.438 e. The molecule has 1 N–H and O–H groups in total. The molecule has 31 heavy (non-hydrogen) atoms. The van der Waals surface area contributed by atoms with Crippen molar-refractivity contribution in [2.24, 2.45) is 5.92 Å². The van der Waals surface area contributed by atoms with E-state index in [1.165, 1.54) is 30.5 Å². The van der Waals surface area contributed by atoms with Crippen molar-refractivity contribution in [2.75, 3.05) is 18.4 Å². The van der Waals surface area contributed by atoms with Crippen LogP contribution in [0.5, 0.6) is 11.6 Å². The average Bonchev–Trinajstić information content (AvgIpc) is 2.81. The summed E-state index contributed by atoms with van der Waals surface area (Å²) in [7, 11) is 0. The number of carbonyl (C=O) groups is 2. The van der Waals surface area contributed by atoms with E-state index in [1.807, 2.05) is 0 Å². The van der Waals surface area contributed by atoms with Crippen LogP contribution in [0.15, 0.2) is 67.1 Å². The molecule has 0 atom stereocenters. The minimum absolute atomic E-state index is 0.0727. The molecule has 0 saturated carbocycles. The SMILES string of the molecule is O=C(Nc1ccc(Oc2cnccn2)cc1)C1CCN(C(=O)c2ccc(F)cc2)CC1. The summed E-state index contributed by atoms with van der Waals surface area (Å²) in [5, 5.41) is 2.92. The van der Waals surface area contributed by atoms with Crippen molar-refractivity contribution in [2.45, 2.75) is 12.8 Å². The lowest BCUT2D eigenvalue weighted by molar-refractivity contribution is -0.121. The van der Waals surface area contributed by atoms with Gasteiger partial charge in [-0.1, -0.05) is 0 Å². The maximum absolute atomic E-state index is 13.1. The summed E-state index contributed by atoms with van der Waals surface area (Å²) in [6.07, 6.45) is 5.78. The summed E-state index contributed by atoms with van der Waals surface area (Å²) < 4.78 is 18.6. The summed E-state index contributed by atoms with van der Waals surface area (Å²) in [6.45, 7) is 0.971. The van der Waals surface area contributed by atoms with Crippen LogP contribution in [-0.4, -0.2) is 39.8 Å². The first kappa shape index (κ1) is 20.5. The van der Waals surface area contributed by atoms with E-state index in [-0.39, 0.29) is 23.5 Å². The first-order valence-corrected chi connectivity index (χ1v) is 9.98. The highest BCUT2D eigenvalue weighted by Crippen LogP contribution is 2.23. The number of ether oxygens (including phenoxy) is 1. The first-order chi connectivity index (χ1) is 15.1. The van der Waals surface area contributed by atoms with Gasteiger partial charge >= 0.3 is 0 Å². The van der Waals surface area contributed by atoms with Crippen LogP contribution >= 0.6 is 0 Å². The van der Waals surface area contributed by atoms with Gasteiger partial charge in [0.05, 0.1) is 6.20 Å². The van der Waals surface area contributed by atoms with E-state index in [0.717, 1.165) is 0 Å². The van der Waals surface area contributed by atoms with E-state index in [4.69, 9.17) is 4.74 Å². The van der Waals surface area contributed by atoms with Crippen molar-refractivity contribution in [1.29, 1.82) is 0 Å². The molecule has 4 rings (SSSR count). The Kier molecular flexibility index (Phi) is 6.16. The zero-order chi connectivity index (χ0) is 21.6. The van der Waals surface area contributed by atoms with Gasteiger partial charge in [-0.05, 0) is 61.4 Å². The third-order valence-electron chi connectivity index (χ3n) is 5.13. The van der Waals surface area contributed by atoms with E-state index in [1.54, 1.807) is 41.6 Å². The van der Waals surface area contributed by atoms with E-state index < -0.39 is 0 Å². The number of amides is 2. The van der Waals surface area contributed by atoms with E-state index in [2.05, 4.69) is 15.3 Å². The van der Waals surface area contributed by atoms with E-state index in [0.29, 0.717) is 48.8 Å². The lowest BCUT2D eigenvalue weighted by Gasteiger charge is -2.31. The molecule has 0 unspecified atom stereocenters. The molecule has 1 saturated heterocycles. The Bertz CT molecular complexity index is 1030. The molecular formula is C23H21FN4O3. The minimum atomic E-state index is -0.375. The smallest absolute Gasteiger partial charge is 0.253 e. The van der Waals surface area contributed by atoms with E-state index >= 15 is 0 Å². The summed E-state index contributed by atoms with van der Waals surface area (Å²) >= 11 is 0. The van der Waals surface area contributed by atoms with Crippen molar-refractivity contribution < 1.29 is 18.7 Å². The van der Waals surface area contributed by atoms with Gasteiger partial charge in [0, 0.05) is 42.7 Å². The van der Waals surface area contributed by atoms with Gasteiger partial charge in [0.2, 0.25) is 11.8 Å². The fourth-order valence-electron chi connectivity index (χ4n) is 3.43. The van der Waals surface area contributed by atoms with Crippen LogP contribution < -0.4 is 10.1 Å². The molecule has 0 radical (unpaired) electrons. The van der Waals surface area contributed by atoms with E-state index in [9.17, 15) is 14.0 Å². The number of nitrogens with one attached hydrogen (secondary N) is 1. The Balaban J connectivity index is 1.28. The predicted octanol–water partition coefficient (Wildman–Crippen LogP) is 3.90. The zero-order valence-electron chi connectivity index (χ0n) is 16.7. The normalized spacial score (nSPS) is 14.2. The second-order valence-electron chi connectivity index (χ2n) is 7.23. The fraction of sp³-hybridized carbons (Fsp3) is 0.217. The lowest BCUT2D eigenvalue weighted by Crippen LogP contribution is -2.41. The van der Waals surface area contributed by atoms with Crippen LogP contribution in [0.25, 0.3) is 0 Å². The maximum Gasteiger partial charge on any atom is 0.253 e. The number of hydrogen-bond donors (Lipinski definition) is 1. The molecule has 1 fully saturated rings. The third kappa shape index (κ3) is 5.22. The molecular weight excluding hydrogens is 399 g/mol. The van der Waals surface area contributed by atoms with Crippen LogP contribution in [-0.2, 0) is 4.79 Å². The molecule has 0 bridgehead atoms. The number of aromatic nitrogens is 2. The highest BCUT2D eigenvalue weighted by atomic mass is 19.1. The van der Waals surface area contributed by atoms with Gasteiger partial charge in [0.15, 0.2) is 0 Å². The number of halogens is 1. The first-order valence-electron chi connectivity index (χ1n) is 9.98. The quantitative estimate of drug-likeness (QED) is 0.677. The topological polar surface area (TPSA) is 84.4 Å². The number of carbonyl (C=O) groups excluding carboxylic acids is 2. The summed E-state index contributed by atoms with van der Waals surface area (Å²) in [6, 6.07) is 12.5. The molecule has 1 aliphatic rings. The Hall–Kier alpha value is -3.81. The number of anilines is 1. The fourth-order valence-corrected chi connectivity index (χ4v) is 3.43. The molecule has 3 aromatic rings. The van der Waals surface area contributed by atoms with Crippen LogP contribution in [0.1, 0.15) is 23.2 Å². The van der Waals surface area contributed by atoms with Crippen molar-refractivity contribution in [1.82, 2.24) is 14.9 Å². The Morgan fingerprint density at radius 2 is 1.71 bits per heavy atom. The van der Waals surface area contributed by atoms with Gasteiger partial charge in [-0.25, -0.2) is 9.37 Å². The van der Waals surface area contributed by atoms with Gasteiger partial charge in [-0.15, -0.1) is 0 Å². The number of nitrogens with zero attached hydrogens (tertiary/aromatic N) is 3. The van der Waals surface area contributed by atoms with Crippen molar-refractivity contribution in [3.63, 3.8) is 0 Å². The molecule has 1 aliphatic heterocycles. The third-order valence-corrected chi connectivity index (χ3v) is 5.13. The van der Waals surface area contributed by atoms with Gasteiger partial charge in [-0.2, -0.15) is 0 Å². The monoisotopic (exact) mass is 420 g/mol. The average molecular weight is 420 g/mol. The number of hydrogen-bond acceptors (Lipinski definition) is 5. The van der Waals surface area contributed by atoms with Crippen LogP contribution in [0.2, 0.25) is 0 Å². The van der Waals surface area contributed by atoms with Gasteiger partial charge in [-0.3, -0.25) is 14.6 Å². The molecule has 7 nitrogen and oxygen atoms in total. The van der Waals surface area contributed by atoms with Gasteiger partial charge in [0.1, 0.15) is 11.6 Å². The number of rotatable bonds is 5. The highest BCUT2D eigenvalue weighted by Gasteiger charge is 2.28. The van der Waals surface area contributed by atoms with Crippen molar-refractivity contribution >= 4 is 17.5 Å². The summed E-state index contributed by atoms with van der Waals surface area (Å²) in [4.78, 5) is 34.8. The van der Waals surface area contributed by atoms with Crippen LogP contribution in [0.3, 0.4) is 0 Å².